The predicted molar refractivity (Wildman–Crippen MR) is 64.2 cm³/mol. The Balaban J connectivity index is 2.47. The zero-order valence-corrected chi connectivity index (χ0v) is 10.1. The molecule has 0 aliphatic rings. The molecule has 0 atom stereocenters. The monoisotopic (exact) mass is 285 g/mol. The Kier molecular flexibility index (Phi) is 3.75. The summed E-state index contributed by atoms with van der Waals surface area (Å²) in [6.07, 6.45) is -4.33. The second-order valence-electron chi connectivity index (χ2n) is 3.91. The number of alkyl halides is 3. The first-order valence-electron chi connectivity index (χ1n) is 5.53. The van der Waals surface area contributed by atoms with Crippen molar-refractivity contribution in [3.8, 4) is 5.69 Å². The van der Waals surface area contributed by atoms with Gasteiger partial charge in [0.1, 0.15) is 5.82 Å². The first kappa shape index (κ1) is 14.1. The minimum absolute atomic E-state index is 0.0935. The Morgan fingerprint density at radius 2 is 1.95 bits per heavy atom. The highest BCUT2D eigenvalue weighted by Gasteiger charge is 2.35. The summed E-state index contributed by atoms with van der Waals surface area (Å²) in [5, 5.41) is 14.5. The molecule has 20 heavy (non-hydrogen) atoms. The van der Waals surface area contributed by atoms with Gasteiger partial charge in [0.05, 0.1) is 12.3 Å². The van der Waals surface area contributed by atoms with Gasteiger partial charge in [0.2, 0.25) is 6.41 Å². The molecule has 1 aromatic heterocycles. The van der Waals surface area contributed by atoms with E-state index < -0.39 is 11.9 Å². The van der Waals surface area contributed by atoms with E-state index in [1.807, 2.05) is 0 Å². The average Bonchev–Trinajstić information content (AvgIpc) is 2.83. The summed E-state index contributed by atoms with van der Waals surface area (Å²) >= 11 is 0. The van der Waals surface area contributed by atoms with Crippen molar-refractivity contribution in [2.24, 2.45) is 0 Å². The number of halogens is 3. The van der Waals surface area contributed by atoms with E-state index >= 15 is 0 Å². The molecule has 106 valence electrons. The summed E-state index contributed by atoms with van der Waals surface area (Å²) in [5.41, 5.74) is -0.156. The van der Waals surface area contributed by atoms with E-state index in [-0.39, 0.29) is 18.8 Å². The van der Waals surface area contributed by atoms with Gasteiger partial charge in [0.15, 0.2) is 5.69 Å². The summed E-state index contributed by atoms with van der Waals surface area (Å²) in [5.74, 6) is -0.0935. The molecule has 0 saturated heterocycles. The molecule has 0 aliphatic heterocycles. The number of aliphatic hydroxyl groups is 1. The van der Waals surface area contributed by atoms with Crippen LogP contribution in [0.3, 0.4) is 0 Å². The van der Waals surface area contributed by atoms with Crippen molar-refractivity contribution in [2.45, 2.75) is 12.8 Å². The molecule has 2 N–H and O–H groups in total. The van der Waals surface area contributed by atoms with E-state index in [4.69, 9.17) is 5.11 Å². The molecule has 1 aromatic carbocycles. The number of carbonyl (C=O) groups is 1. The van der Waals surface area contributed by atoms with Gasteiger partial charge in [-0.25, -0.2) is 4.68 Å². The first-order valence-corrected chi connectivity index (χ1v) is 5.53. The van der Waals surface area contributed by atoms with Gasteiger partial charge >= 0.3 is 6.18 Å². The van der Waals surface area contributed by atoms with Crippen molar-refractivity contribution >= 4 is 12.2 Å². The number of aliphatic hydroxyl groups excluding tert-OH is 1. The van der Waals surface area contributed by atoms with E-state index in [9.17, 15) is 18.0 Å². The molecule has 5 nitrogen and oxygen atoms in total. The van der Waals surface area contributed by atoms with Crippen LogP contribution < -0.4 is 5.32 Å². The highest BCUT2D eigenvalue weighted by Crippen LogP contribution is 2.31. The Labute approximate surface area is 111 Å². The lowest BCUT2D eigenvalue weighted by atomic mass is 10.2. The van der Waals surface area contributed by atoms with Crippen LogP contribution in [0.1, 0.15) is 11.3 Å². The van der Waals surface area contributed by atoms with Crippen LogP contribution in [-0.2, 0) is 17.6 Å². The number of benzene rings is 1. The molecule has 1 amide bonds. The lowest BCUT2D eigenvalue weighted by molar-refractivity contribution is -0.141. The number of amides is 1. The van der Waals surface area contributed by atoms with Crippen molar-refractivity contribution in [3.63, 3.8) is 0 Å². The lowest BCUT2D eigenvalue weighted by Gasteiger charge is -2.06. The molecule has 8 heteroatoms. The molecule has 2 rings (SSSR count). The summed E-state index contributed by atoms with van der Waals surface area (Å²) in [6.45, 7) is -0.174. The van der Waals surface area contributed by atoms with Crippen LogP contribution in [0.2, 0.25) is 0 Å². The lowest BCUT2D eigenvalue weighted by Crippen LogP contribution is -2.08. The zero-order valence-electron chi connectivity index (χ0n) is 10.1. The molecule has 1 heterocycles. The molecule has 0 saturated carbocycles. The van der Waals surface area contributed by atoms with Gasteiger partial charge in [-0.2, -0.15) is 18.3 Å². The van der Waals surface area contributed by atoms with Crippen LogP contribution in [0.25, 0.3) is 5.69 Å². The van der Waals surface area contributed by atoms with Gasteiger partial charge in [-0.1, -0.05) is 12.1 Å². The van der Waals surface area contributed by atoms with Crippen LogP contribution in [0.4, 0.5) is 19.0 Å². The van der Waals surface area contributed by atoms with Gasteiger partial charge < -0.3 is 10.4 Å². The van der Waals surface area contributed by atoms with Crippen molar-refractivity contribution in [2.75, 3.05) is 5.32 Å². The number of rotatable bonds is 4. The maximum Gasteiger partial charge on any atom is 0.435 e. The number of carbonyl (C=O) groups excluding carboxylic acids is 1. The highest BCUT2D eigenvalue weighted by atomic mass is 19.4. The average molecular weight is 285 g/mol. The number of anilines is 1. The minimum atomic E-state index is -4.60. The van der Waals surface area contributed by atoms with Crippen LogP contribution in [-0.4, -0.2) is 21.3 Å². The Morgan fingerprint density at radius 3 is 2.45 bits per heavy atom. The third kappa shape index (κ3) is 2.80. The third-order valence-electron chi connectivity index (χ3n) is 2.57. The fraction of sp³-hybridized carbons (Fsp3) is 0.167. The molecule has 0 spiro atoms. The second kappa shape index (κ2) is 5.33. The van der Waals surface area contributed by atoms with Gasteiger partial charge in [-0.05, 0) is 17.7 Å². The third-order valence-corrected chi connectivity index (χ3v) is 2.57. The maximum absolute atomic E-state index is 12.6. The molecule has 0 unspecified atom stereocenters. The minimum Gasteiger partial charge on any atom is -0.392 e. The highest BCUT2D eigenvalue weighted by molar-refractivity contribution is 5.70. The number of hydrogen-bond acceptors (Lipinski definition) is 3. The number of hydrogen-bond donors (Lipinski definition) is 2. The number of nitrogens with one attached hydrogen (secondary N) is 1. The van der Waals surface area contributed by atoms with Gasteiger partial charge in [0, 0.05) is 6.07 Å². The van der Waals surface area contributed by atoms with Crippen LogP contribution in [0.15, 0.2) is 30.3 Å². The molecule has 0 radical (unpaired) electrons. The van der Waals surface area contributed by atoms with Gasteiger partial charge in [-0.3, -0.25) is 4.79 Å². The quantitative estimate of drug-likeness (QED) is 0.844. The Morgan fingerprint density at radius 1 is 1.30 bits per heavy atom. The van der Waals surface area contributed by atoms with E-state index in [2.05, 4.69) is 10.4 Å². The SMILES string of the molecule is O=CNc1cc(C(F)(F)F)nn1-c1ccc(CO)cc1. The van der Waals surface area contributed by atoms with E-state index in [1.165, 1.54) is 12.1 Å². The predicted octanol–water partition coefficient (Wildman–Crippen LogP) is 1.95. The van der Waals surface area contributed by atoms with Crippen LogP contribution >= 0.6 is 0 Å². The van der Waals surface area contributed by atoms with Crippen molar-refractivity contribution in [3.05, 3.63) is 41.6 Å². The second-order valence-corrected chi connectivity index (χ2v) is 3.91. The maximum atomic E-state index is 12.6. The summed E-state index contributed by atoms with van der Waals surface area (Å²) in [6, 6.07) is 6.83. The fourth-order valence-corrected chi connectivity index (χ4v) is 1.62. The van der Waals surface area contributed by atoms with Gasteiger partial charge in [0.25, 0.3) is 0 Å². The normalized spacial score (nSPS) is 11.4. The molecule has 0 aliphatic carbocycles. The standard InChI is InChI=1S/C12H10F3N3O2/c13-12(14,15)10-5-11(16-7-20)18(17-10)9-3-1-8(6-19)2-4-9/h1-5,7,19H,6H2,(H,16,20). The zero-order chi connectivity index (χ0) is 14.8. The van der Waals surface area contributed by atoms with Crippen molar-refractivity contribution < 1.29 is 23.1 Å². The fourth-order valence-electron chi connectivity index (χ4n) is 1.62. The Bertz CT molecular complexity index is 605. The van der Waals surface area contributed by atoms with Crippen LogP contribution in [0.5, 0.6) is 0 Å². The van der Waals surface area contributed by atoms with Crippen molar-refractivity contribution in [1.29, 1.82) is 0 Å². The Hall–Kier alpha value is -2.35. The van der Waals surface area contributed by atoms with Gasteiger partial charge in [-0.15, -0.1) is 0 Å². The molecule has 0 bridgehead atoms. The largest absolute Gasteiger partial charge is 0.435 e. The summed E-state index contributed by atoms with van der Waals surface area (Å²) in [4.78, 5) is 10.5. The topological polar surface area (TPSA) is 67.2 Å². The summed E-state index contributed by atoms with van der Waals surface area (Å²) < 4.78 is 38.9. The molecular formula is C12H10F3N3O2. The smallest absolute Gasteiger partial charge is 0.392 e. The van der Waals surface area contributed by atoms with Crippen LogP contribution in [0, 0.1) is 0 Å². The molecule has 2 aromatic rings. The first-order chi connectivity index (χ1) is 9.45. The number of aromatic nitrogens is 2. The summed E-state index contributed by atoms with van der Waals surface area (Å²) in [7, 11) is 0. The van der Waals surface area contributed by atoms with Crippen molar-refractivity contribution in [1.82, 2.24) is 9.78 Å². The molecule has 0 fully saturated rings. The van der Waals surface area contributed by atoms with E-state index in [0.717, 1.165) is 10.7 Å². The van der Waals surface area contributed by atoms with E-state index in [0.29, 0.717) is 11.3 Å². The van der Waals surface area contributed by atoms with E-state index in [1.54, 1.807) is 12.1 Å². The number of nitrogens with zero attached hydrogens (tertiary/aromatic N) is 2. The molecular weight excluding hydrogens is 275 g/mol.